The zero-order valence-corrected chi connectivity index (χ0v) is 15.2. The van der Waals surface area contributed by atoms with Gasteiger partial charge in [0.25, 0.3) is 0 Å². The standard InChI is InChI=1S/C18H23N5O3/c1-11-4-6-13(7-5-11)8-20-18(25)23-9-14(16(24)19-3)15(10-23)17-21-12(2)22-26-17/h4-7,14-15H,8-10H2,1-3H3,(H,19,24)(H,20,25)/t14-,15-/m1/s1. The van der Waals surface area contributed by atoms with Gasteiger partial charge >= 0.3 is 6.03 Å². The van der Waals surface area contributed by atoms with Crippen molar-refractivity contribution < 1.29 is 14.1 Å². The van der Waals surface area contributed by atoms with Crippen LogP contribution in [0.25, 0.3) is 0 Å². The Morgan fingerprint density at radius 1 is 1.23 bits per heavy atom. The number of carbonyl (C=O) groups is 2. The first-order valence-electron chi connectivity index (χ1n) is 8.58. The zero-order valence-electron chi connectivity index (χ0n) is 15.2. The monoisotopic (exact) mass is 357 g/mol. The summed E-state index contributed by atoms with van der Waals surface area (Å²) in [6.45, 7) is 4.85. The molecule has 1 saturated heterocycles. The van der Waals surface area contributed by atoms with Crippen LogP contribution >= 0.6 is 0 Å². The molecule has 1 fully saturated rings. The van der Waals surface area contributed by atoms with Gasteiger partial charge < -0.3 is 20.1 Å². The van der Waals surface area contributed by atoms with Crippen LogP contribution in [0.15, 0.2) is 28.8 Å². The summed E-state index contributed by atoms with van der Waals surface area (Å²) in [5.41, 5.74) is 2.20. The molecule has 2 atom stereocenters. The summed E-state index contributed by atoms with van der Waals surface area (Å²) in [5, 5.41) is 9.35. The molecular formula is C18H23N5O3. The molecule has 3 rings (SSSR count). The number of aryl methyl sites for hydroxylation is 2. The van der Waals surface area contributed by atoms with E-state index in [1.807, 2.05) is 31.2 Å². The Kier molecular flexibility index (Phi) is 5.20. The lowest BCUT2D eigenvalue weighted by atomic mass is 9.95. The van der Waals surface area contributed by atoms with Gasteiger partial charge in [0.05, 0.1) is 11.8 Å². The van der Waals surface area contributed by atoms with Crippen molar-refractivity contribution in [2.45, 2.75) is 26.3 Å². The quantitative estimate of drug-likeness (QED) is 0.860. The number of benzene rings is 1. The van der Waals surface area contributed by atoms with Gasteiger partial charge in [0, 0.05) is 26.7 Å². The van der Waals surface area contributed by atoms with E-state index in [9.17, 15) is 9.59 Å². The third kappa shape index (κ3) is 3.84. The normalized spacial score (nSPS) is 19.4. The molecule has 0 saturated carbocycles. The number of urea groups is 1. The highest BCUT2D eigenvalue weighted by Gasteiger charge is 2.43. The highest BCUT2D eigenvalue weighted by atomic mass is 16.5. The summed E-state index contributed by atoms with van der Waals surface area (Å²) < 4.78 is 5.24. The second-order valence-corrected chi connectivity index (χ2v) is 6.56. The van der Waals surface area contributed by atoms with Crippen molar-refractivity contribution in [1.29, 1.82) is 0 Å². The van der Waals surface area contributed by atoms with Crippen molar-refractivity contribution in [2.75, 3.05) is 20.1 Å². The summed E-state index contributed by atoms with van der Waals surface area (Å²) in [6.07, 6.45) is 0. The van der Waals surface area contributed by atoms with E-state index in [0.29, 0.717) is 31.3 Å². The average molecular weight is 357 g/mol. The lowest BCUT2D eigenvalue weighted by Crippen LogP contribution is -2.39. The Hall–Kier alpha value is -2.90. The molecule has 3 amide bonds. The minimum absolute atomic E-state index is 0.139. The molecule has 2 N–H and O–H groups in total. The van der Waals surface area contributed by atoms with Crippen molar-refractivity contribution in [2.24, 2.45) is 5.92 Å². The van der Waals surface area contributed by atoms with Gasteiger partial charge in [0.1, 0.15) is 0 Å². The van der Waals surface area contributed by atoms with E-state index in [1.165, 1.54) is 5.56 Å². The van der Waals surface area contributed by atoms with Gasteiger partial charge in [-0.05, 0) is 19.4 Å². The molecule has 0 unspecified atom stereocenters. The number of nitrogens with one attached hydrogen (secondary N) is 2. The van der Waals surface area contributed by atoms with Gasteiger partial charge in [-0.1, -0.05) is 35.0 Å². The predicted molar refractivity (Wildman–Crippen MR) is 94.3 cm³/mol. The SMILES string of the molecule is CNC(=O)[C@@H]1CN(C(=O)NCc2ccc(C)cc2)C[C@H]1c1nc(C)no1. The second kappa shape index (κ2) is 7.55. The van der Waals surface area contributed by atoms with Gasteiger partial charge in [0.15, 0.2) is 5.82 Å². The van der Waals surface area contributed by atoms with Crippen molar-refractivity contribution in [1.82, 2.24) is 25.7 Å². The summed E-state index contributed by atoms with van der Waals surface area (Å²) >= 11 is 0. The number of amides is 3. The first-order chi connectivity index (χ1) is 12.5. The van der Waals surface area contributed by atoms with E-state index in [0.717, 1.165) is 5.56 Å². The fourth-order valence-electron chi connectivity index (χ4n) is 3.13. The summed E-state index contributed by atoms with van der Waals surface area (Å²) in [7, 11) is 1.58. The largest absolute Gasteiger partial charge is 0.359 e. The first kappa shape index (κ1) is 17.9. The maximum absolute atomic E-state index is 12.5. The Morgan fingerprint density at radius 3 is 2.58 bits per heavy atom. The number of likely N-dealkylation sites (tertiary alicyclic amines) is 1. The number of nitrogens with zero attached hydrogens (tertiary/aromatic N) is 3. The molecule has 1 aliphatic heterocycles. The van der Waals surface area contributed by atoms with Gasteiger partial charge in [-0.2, -0.15) is 4.98 Å². The molecule has 0 aliphatic carbocycles. The van der Waals surface area contributed by atoms with Crippen molar-refractivity contribution >= 4 is 11.9 Å². The number of rotatable bonds is 4. The lowest BCUT2D eigenvalue weighted by Gasteiger charge is -2.17. The van der Waals surface area contributed by atoms with E-state index >= 15 is 0 Å². The van der Waals surface area contributed by atoms with E-state index in [2.05, 4.69) is 20.8 Å². The molecule has 26 heavy (non-hydrogen) atoms. The van der Waals surface area contributed by atoms with Gasteiger partial charge in [-0.3, -0.25) is 4.79 Å². The van der Waals surface area contributed by atoms with Gasteiger partial charge in [0.2, 0.25) is 11.8 Å². The van der Waals surface area contributed by atoms with Crippen LogP contribution < -0.4 is 10.6 Å². The maximum atomic E-state index is 12.5. The van der Waals surface area contributed by atoms with Gasteiger partial charge in [-0.15, -0.1) is 0 Å². The van der Waals surface area contributed by atoms with E-state index in [4.69, 9.17) is 4.52 Å². The zero-order chi connectivity index (χ0) is 18.7. The molecule has 1 aromatic carbocycles. The molecule has 0 spiro atoms. The molecular weight excluding hydrogens is 334 g/mol. The Bertz CT molecular complexity index is 786. The molecule has 0 radical (unpaired) electrons. The minimum atomic E-state index is -0.412. The van der Waals surface area contributed by atoms with E-state index < -0.39 is 5.92 Å². The van der Waals surface area contributed by atoms with Crippen LogP contribution in [0, 0.1) is 19.8 Å². The average Bonchev–Trinajstić information content (AvgIpc) is 3.26. The highest BCUT2D eigenvalue weighted by Crippen LogP contribution is 2.32. The maximum Gasteiger partial charge on any atom is 0.317 e. The van der Waals surface area contributed by atoms with Crippen LogP contribution in [0.4, 0.5) is 4.79 Å². The molecule has 1 aromatic heterocycles. The molecule has 8 nitrogen and oxygen atoms in total. The lowest BCUT2D eigenvalue weighted by molar-refractivity contribution is -0.124. The Labute approximate surface area is 151 Å². The smallest absolute Gasteiger partial charge is 0.317 e. The summed E-state index contributed by atoms with van der Waals surface area (Å²) in [5.74, 6) is 0.0498. The van der Waals surface area contributed by atoms with Crippen molar-refractivity contribution in [3.63, 3.8) is 0 Å². The Balaban J connectivity index is 1.67. The molecule has 2 heterocycles. The molecule has 138 valence electrons. The third-order valence-electron chi connectivity index (χ3n) is 4.62. The van der Waals surface area contributed by atoms with Crippen LogP contribution in [0.3, 0.4) is 0 Å². The fraction of sp³-hybridized carbons (Fsp3) is 0.444. The molecule has 2 aromatic rings. The number of carbonyl (C=O) groups excluding carboxylic acids is 2. The van der Waals surface area contributed by atoms with E-state index in [-0.39, 0.29) is 17.9 Å². The van der Waals surface area contributed by atoms with Crippen LogP contribution in [0.1, 0.15) is 28.8 Å². The first-order valence-corrected chi connectivity index (χ1v) is 8.58. The second-order valence-electron chi connectivity index (χ2n) is 6.56. The van der Waals surface area contributed by atoms with Crippen molar-refractivity contribution in [3.05, 3.63) is 47.1 Å². The van der Waals surface area contributed by atoms with E-state index in [1.54, 1.807) is 18.9 Å². The van der Waals surface area contributed by atoms with Crippen molar-refractivity contribution in [3.8, 4) is 0 Å². The number of hydrogen-bond donors (Lipinski definition) is 2. The Morgan fingerprint density at radius 2 is 1.96 bits per heavy atom. The predicted octanol–water partition coefficient (Wildman–Crippen LogP) is 1.36. The highest BCUT2D eigenvalue weighted by molar-refractivity contribution is 5.82. The summed E-state index contributed by atoms with van der Waals surface area (Å²) in [4.78, 5) is 30.6. The minimum Gasteiger partial charge on any atom is -0.359 e. The van der Waals surface area contributed by atoms with Crippen LogP contribution in [-0.4, -0.2) is 47.1 Å². The molecule has 8 heteroatoms. The topological polar surface area (TPSA) is 100 Å². The molecule has 0 bridgehead atoms. The summed E-state index contributed by atoms with van der Waals surface area (Å²) in [6, 6.07) is 7.77. The number of aromatic nitrogens is 2. The molecule has 1 aliphatic rings. The fourth-order valence-corrected chi connectivity index (χ4v) is 3.13. The van der Waals surface area contributed by atoms with Crippen LogP contribution in [0.5, 0.6) is 0 Å². The van der Waals surface area contributed by atoms with Crippen LogP contribution in [-0.2, 0) is 11.3 Å². The number of hydrogen-bond acceptors (Lipinski definition) is 5. The third-order valence-corrected chi connectivity index (χ3v) is 4.62. The van der Waals surface area contributed by atoms with Crippen LogP contribution in [0.2, 0.25) is 0 Å². The van der Waals surface area contributed by atoms with Gasteiger partial charge in [-0.25, -0.2) is 4.79 Å².